The second-order valence-electron chi connectivity index (χ2n) is 6.06. The van der Waals surface area contributed by atoms with Crippen LogP contribution < -0.4 is 0 Å². The average molecular weight is 348 g/mol. The van der Waals surface area contributed by atoms with E-state index in [9.17, 15) is 13.2 Å². The minimum atomic E-state index is -3.93. The molecule has 0 spiro atoms. The van der Waals surface area contributed by atoms with E-state index in [0.717, 1.165) is 6.42 Å². The molecule has 1 heterocycles. The van der Waals surface area contributed by atoms with Crippen LogP contribution in [0.1, 0.15) is 32.6 Å². The van der Waals surface area contributed by atoms with Crippen LogP contribution in [-0.4, -0.2) is 25.2 Å². The molecule has 24 heavy (non-hydrogen) atoms. The first-order chi connectivity index (χ1) is 11.5. The van der Waals surface area contributed by atoms with Crippen LogP contribution in [0.15, 0.2) is 60.5 Å². The fourth-order valence-electron chi connectivity index (χ4n) is 3.52. The minimum absolute atomic E-state index is 0.0295. The Kier molecular flexibility index (Phi) is 5.65. The third-order valence-corrected chi connectivity index (χ3v) is 7.11. The lowest BCUT2D eigenvalue weighted by molar-refractivity contribution is -0.143. The molecule has 0 aliphatic carbocycles. The highest BCUT2D eigenvalue weighted by atomic mass is 32.2. The van der Waals surface area contributed by atoms with Gasteiger partial charge < -0.3 is 4.74 Å². The molecule has 1 aliphatic rings. The maximum Gasteiger partial charge on any atom is 0.328 e. The van der Waals surface area contributed by atoms with Crippen molar-refractivity contribution in [2.45, 2.75) is 48.4 Å². The van der Waals surface area contributed by atoms with Crippen molar-refractivity contribution in [3.63, 3.8) is 0 Å². The predicted molar refractivity (Wildman–Crippen MR) is 94.3 cm³/mol. The topological polar surface area (TPSA) is 60.4 Å². The van der Waals surface area contributed by atoms with Gasteiger partial charge in [0.1, 0.15) is 6.10 Å². The average Bonchev–Trinajstić information content (AvgIpc) is 2.83. The molecule has 0 radical (unpaired) electrons. The molecule has 2 rings (SSSR count). The number of cyclic esters (lactones) is 1. The van der Waals surface area contributed by atoms with Gasteiger partial charge in [0.2, 0.25) is 0 Å². The molecule has 0 N–H and O–H groups in total. The van der Waals surface area contributed by atoms with Gasteiger partial charge in [0.05, 0.1) is 4.90 Å². The Balaban J connectivity index is 2.65. The summed E-state index contributed by atoms with van der Waals surface area (Å²) in [4.78, 5) is 12.9. The van der Waals surface area contributed by atoms with E-state index in [1.807, 2.05) is 6.92 Å². The maximum atomic E-state index is 13.4. The van der Waals surface area contributed by atoms with Crippen molar-refractivity contribution in [3.05, 3.63) is 55.6 Å². The lowest BCUT2D eigenvalue weighted by atomic mass is 9.83. The highest BCUT2D eigenvalue weighted by molar-refractivity contribution is 7.93. The van der Waals surface area contributed by atoms with E-state index in [-0.39, 0.29) is 11.3 Å². The summed E-state index contributed by atoms with van der Waals surface area (Å²) in [6, 6.07) is 8.09. The van der Waals surface area contributed by atoms with Crippen molar-refractivity contribution < 1.29 is 17.9 Å². The molecule has 3 atom stereocenters. The summed E-state index contributed by atoms with van der Waals surface area (Å²) in [6.45, 7) is 9.40. The van der Waals surface area contributed by atoms with Gasteiger partial charge >= 0.3 is 5.97 Å². The number of ether oxygens (including phenoxy) is 1. The Bertz CT molecular complexity index is 708. The Hall–Kier alpha value is -1.88. The number of sulfone groups is 1. The van der Waals surface area contributed by atoms with E-state index in [0.29, 0.717) is 12.8 Å². The van der Waals surface area contributed by atoms with Gasteiger partial charge in [0, 0.05) is 5.92 Å². The molecule has 1 saturated heterocycles. The Morgan fingerprint density at radius 1 is 1.21 bits per heavy atom. The number of hydrogen-bond donors (Lipinski definition) is 0. The van der Waals surface area contributed by atoms with Gasteiger partial charge in [-0.05, 0) is 31.4 Å². The summed E-state index contributed by atoms with van der Waals surface area (Å²) in [5.74, 6) is -1.14. The zero-order valence-corrected chi connectivity index (χ0v) is 14.8. The Labute approximate surface area is 144 Å². The maximum absolute atomic E-state index is 13.4. The van der Waals surface area contributed by atoms with E-state index in [4.69, 9.17) is 4.74 Å². The van der Waals surface area contributed by atoms with Crippen LogP contribution in [0.5, 0.6) is 0 Å². The molecule has 5 heteroatoms. The van der Waals surface area contributed by atoms with Gasteiger partial charge in [0.15, 0.2) is 14.6 Å². The van der Waals surface area contributed by atoms with Crippen LogP contribution in [0.4, 0.5) is 0 Å². The van der Waals surface area contributed by atoms with E-state index in [2.05, 4.69) is 13.2 Å². The number of esters is 1. The summed E-state index contributed by atoms with van der Waals surface area (Å²) < 4.78 is 30.7. The van der Waals surface area contributed by atoms with Crippen molar-refractivity contribution in [2.75, 3.05) is 0 Å². The van der Waals surface area contributed by atoms with Gasteiger partial charge in [-0.1, -0.05) is 43.7 Å². The number of benzene rings is 1. The fourth-order valence-corrected chi connectivity index (χ4v) is 5.70. The standard InChI is InChI=1S/C19H24O4S/c1-4-10-16-17(11-5-2)23-18(20)19(16,14-6-3)24(21,22)15-12-8-7-9-13-15/h4,6-9,12-13,16-17H,1,3,5,10-11,14H2,2H3/t16-,17-,19+/m1/s1. The van der Waals surface area contributed by atoms with E-state index in [1.54, 1.807) is 24.3 Å². The first kappa shape index (κ1) is 18.5. The number of carbonyl (C=O) groups is 1. The summed E-state index contributed by atoms with van der Waals surface area (Å²) in [6.07, 6.45) is 4.60. The van der Waals surface area contributed by atoms with E-state index in [1.165, 1.54) is 18.2 Å². The Morgan fingerprint density at radius 2 is 1.88 bits per heavy atom. The summed E-state index contributed by atoms with van der Waals surface area (Å²) >= 11 is 0. The highest BCUT2D eigenvalue weighted by Crippen LogP contribution is 2.47. The molecular weight excluding hydrogens is 324 g/mol. The Morgan fingerprint density at radius 3 is 2.42 bits per heavy atom. The summed E-state index contributed by atoms with van der Waals surface area (Å²) in [7, 11) is -3.93. The van der Waals surface area contributed by atoms with Gasteiger partial charge in [-0.2, -0.15) is 0 Å². The molecule has 0 bridgehead atoms. The molecule has 1 aliphatic heterocycles. The first-order valence-electron chi connectivity index (χ1n) is 8.18. The zero-order chi connectivity index (χ0) is 17.8. The van der Waals surface area contributed by atoms with Crippen molar-refractivity contribution in [1.82, 2.24) is 0 Å². The molecule has 1 fully saturated rings. The van der Waals surface area contributed by atoms with Crippen LogP contribution in [0, 0.1) is 5.92 Å². The molecular formula is C19H24O4S. The van der Waals surface area contributed by atoms with Crippen LogP contribution in [0.3, 0.4) is 0 Å². The molecule has 4 nitrogen and oxygen atoms in total. The number of hydrogen-bond acceptors (Lipinski definition) is 4. The van der Waals surface area contributed by atoms with Crippen LogP contribution >= 0.6 is 0 Å². The number of rotatable bonds is 8. The monoisotopic (exact) mass is 348 g/mol. The first-order valence-corrected chi connectivity index (χ1v) is 9.66. The molecule has 0 saturated carbocycles. The molecule has 1 aromatic carbocycles. The van der Waals surface area contributed by atoms with Crippen LogP contribution in [0.25, 0.3) is 0 Å². The summed E-state index contributed by atoms with van der Waals surface area (Å²) in [5, 5.41) is 0. The van der Waals surface area contributed by atoms with Crippen molar-refractivity contribution in [2.24, 2.45) is 5.92 Å². The fraction of sp³-hybridized carbons (Fsp3) is 0.421. The molecule has 0 amide bonds. The minimum Gasteiger partial charge on any atom is -0.461 e. The largest absolute Gasteiger partial charge is 0.461 e. The quantitative estimate of drug-likeness (QED) is 0.531. The van der Waals surface area contributed by atoms with Crippen molar-refractivity contribution in [3.8, 4) is 0 Å². The van der Waals surface area contributed by atoms with Crippen molar-refractivity contribution in [1.29, 1.82) is 0 Å². The van der Waals surface area contributed by atoms with Crippen molar-refractivity contribution >= 4 is 15.8 Å². The third kappa shape index (κ3) is 2.81. The second-order valence-corrected chi connectivity index (χ2v) is 8.27. The smallest absolute Gasteiger partial charge is 0.328 e. The lowest BCUT2D eigenvalue weighted by Gasteiger charge is -2.31. The van der Waals surface area contributed by atoms with Crippen LogP contribution in [0.2, 0.25) is 0 Å². The van der Waals surface area contributed by atoms with Gasteiger partial charge in [0.25, 0.3) is 0 Å². The number of carbonyl (C=O) groups excluding carboxylic acids is 1. The molecule has 130 valence electrons. The van der Waals surface area contributed by atoms with Crippen LogP contribution in [-0.2, 0) is 19.4 Å². The van der Waals surface area contributed by atoms with Gasteiger partial charge in [-0.25, -0.2) is 8.42 Å². The SMILES string of the molecule is C=CC[C@@H]1[C@@H](CCC)OC(=O)[C@@]1(CC=C)S(=O)(=O)c1ccccc1. The third-order valence-electron chi connectivity index (χ3n) is 4.63. The summed E-state index contributed by atoms with van der Waals surface area (Å²) in [5.41, 5.74) is 0. The van der Waals surface area contributed by atoms with E-state index >= 15 is 0 Å². The number of allylic oxidation sites excluding steroid dienone is 2. The molecule has 0 unspecified atom stereocenters. The van der Waals surface area contributed by atoms with E-state index < -0.39 is 32.6 Å². The van der Waals surface area contributed by atoms with Gasteiger partial charge in [-0.3, -0.25) is 4.79 Å². The molecule has 0 aromatic heterocycles. The lowest BCUT2D eigenvalue weighted by Crippen LogP contribution is -2.49. The van der Waals surface area contributed by atoms with Gasteiger partial charge in [-0.15, -0.1) is 13.2 Å². The molecule has 1 aromatic rings. The predicted octanol–water partition coefficient (Wildman–Crippen LogP) is 3.69. The normalized spacial score (nSPS) is 26.8. The zero-order valence-electron chi connectivity index (χ0n) is 14.0. The second kappa shape index (κ2) is 7.34. The highest BCUT2D eigenvalue weighted by Gasteiger charge is 2.63.